The molecular formula is C16H18ClF3N2O2. The third-order valence-electron chi connectivity index (χ3n) is 4.60. The van der Waals surface area contributed by atoms with Crippen LogP contribution < -0.4 is 10.6 Å². The fourth-order valence-corrected chi connectivity index (χ4v) is 3.51. The summed E-state index contributed by atoms with van der Waals surface area (Å²) in [5.74, 6) is -0.606. The number of carbonyl (C=O) groups is 1. The summed E-state index contributed by atoms with van der Waals surface area (Å²) in [7, 11) is 0. The minimum absolute atomic E-state index is 0.00371. The highest BCUT2D eigenvalue weighted by Gasteiger charge is 2.41. The Hall–Kier alpha value is -1.31. The van der Waals surface area contributed by atoms with Crippen molar-refractivity contribution >= 4 is 17.5 Å². The van der Waals surface area contributed by atoms with Crippen molar-refractivity contribution in [3.8, 4) is 0 Å². The molecule has 2 N–H and O–H groups in total. The predicted octanol–water partition coefficient (Wildman–Crippen LogP) is 3.00. The average Bonchev–Trinajstić information content (AvgIpc) is 2.89. The van der Waals surface area contributed by atoms with Gasteiger partial charge in [0, 0.05) is 0 Å². The number of nitrogens with one attached hydrogen (secondary N) is 2. The molecule has 2 fully saturated rings. The molecule has 0 aliphatic carbocycles. The van der Waals surface area contributed by atoms with E-state index in [1.54, 1.807) is 0 Å². The minimum atomic E-state index is -4.52. The molecule has 0 radical (unpaired) electrons. The monoisotopic (exact) mass is 362 g/mol. The summed E-state index contributed by atoms with van der Waals surface area (Å²) in [6.45, 7) is 2.09. The van der Waals surface area contributed by atoms with Gasteiger partial charge in [0.05, 0.1) is 34.4 Å². The van der Waals surface area contributed by atoms with Gasteiger partial charge in [0.1, 0.15) is 0 Å². The van der Waals surface area contributed by atoms with Gasteiger partial charge in [0.15, 0.2) is 0 Å². The summed E-state index contributed by atoms with van der Waals surface area (Å²) in [5, 5.41) is 6.00. The van der Waals surface area contributed by atoms with Gasteiger partial charge in [-0.3, -0.25) is 4.79 Å². The Bertz CT molecular complexity index is 630. The predicted molar refractivity (Wildman–Crippen MR) is 83.1 cm³/mol. The van der Waals surface area contributed by atoms with Crippen LogP contribution in [0.2, 0.25) is 5.02 Å². The Morgan fingerprint density at radius 2 is 2.04 bits per heavy atom. The first-order valence-corrected chi connectivity index (χ1v) is 8.19. The van der Waals surface area contributed by atoms with Gasteiger partial charge in [-0.15, -0.1) is 0 Å². The van der Waals surface area contributed by atoms with Crippen LogP contribution in [0.3, 0.4) is 0 Å². The van der Waals surface area contributed by atoms with E-state index < -0.39 is 17.6 Å². The second-order valence-electron chi connectivity index (χ2n) is 6.31. The van der Waals surface area contributed by atoms with E-state index in [0.29, 0.717) is 13.0 Å². The van der Waals surface area contributed by atoms with Crippen molar-refractivity contribution < 1.29 is 22.7 Å². The number of rotatable bonds is 2. The third-order valence-corrected chi connectivity index (χ3v) is 4.93. The normalized spacial score (nSPS) is 23.4. The molecule has 2 saturated heterocycles. The van der Waals surface area contributed by atoms with Crippen LogP contribution in [0.25, 0.3) is 0 Å². The number of alkyl halides is 3. The van der Waals surface area contributed by atoms with Gasteiger partial charge in [-0.05, 0) is 50.6 Å². The molecule has 8 heteroatoms. The first-order valence-electron chi connectivity index (χ1n) is 7.81. The maximum absolute atomic E-state index is 12.8. The largest absolute Gasteiger partial charge is 0.416 e. The summed E-state index contributed by atoms with van der Waals surface area (Å²) < 4.78 is 44.3. The topological polar surface area (TPSA) is 50.4 Å². The number of benzene rings is 1. The van der Waals surface area contributed by atoms with Gasteiger partial charge in [0.25, 0.3) is 5.91 Å². The molecule has 1 aromatic rings. The Morgan fingerprint density at radius 3 is 2.71 bits per heavy atom. The maximum atomic E-state index is 12.8. The van der Waals surface area contributed by atoms with Crippen molar-refractivity contribution in [2.75, 3.05) is 19.7 Å². The van der Waals surface area contributed by atoms with E-state index in [-0.39, 0.29) is 22.2 Å². The van der Waals surface area contributed by atoms with Crippen molar-refractivity contribution in [3.63, 3.8) is 0 Å². The molecule has 1 aromatic carbocycles. The van der Waals surface area contributed by atoms with Crippen LogP contribution in [0.15, 0.2) is 18.2 Å². The highest BCUT2D eigenvalue weighted by atomic mass is 35.5. The zero-order valence-electron chi connectivity index (χ0n) is 12.9. The number of piperidine rings is 1. The maximum Gasteiger partial charge on any atom is 0.416 e. The highest BCUT2D eigenvalue weighted by Crippen LogP contribution is 2.35. The molecule has 1 amide bonds. The smallest absolute Gasteiger partial charge is 0.373 e. The van der Waals surface area contributed by atoms with Crippen molar-refractivity contribution in [1.82, 2.24) is 10.6 Å². The molecule has 0 unspecified atom stereocenters. The number of amides is 1. The molecule has 1 atom stereocenters. The van der Waals surface area contributed by atoms with Gasteiger partial charge in [-0.1, -0.05) is 11.6 Å². The van der Waals surface area contributed by atoms with Crippen LogP contribution in [0.5, 0.6) is 0 Å². The third kappa shape index (κ3) is 3.68. The molecule has 0 saturated carbocycles. The van der Waals surface area contributed by atoms with Crippen LogP contribution in [-0.2, 0) is 10.9 Å². The molecule has 1 spiro atoms. The van der Waals surface area contributed by atoms with Gasteiger partial charge in [-0.2, -0.15) is 13.2 Å². The highest BCUT2D eigenvalue weighted by molar-refractivity contribution is 6.33. The van der Waals surface area contributed by atoms with Crippen molar-refractivity contribution in [2.24, 2.45) is 0 Å². The number of ether oxygens (including phenoxy) is 1. The van der Waals surface area contributed by atoms with E-state index >= 15 is 0 Å². The van der Waals surface area contributed by atoms with Gasteiger partial charge in [0.2, 0.25) is 0 Å². The molecule has 2 heterocycles. The molecule has 0 bridgehead atoms. The summed E-state index contributed by atoms with van der Waals surface area (Å²) >= 11 is 5.90. The quantitative estimate of drug-likeness (QED) is 0.850. The fourth-order valence-electron chi connectivity index (χ4n) is 3.31. The summed E-state index contributed by atoms with van der Waals surface area (Å²) in [4.78, 5) is 12.3. The molecule has 4 nitrogen and oxygen atoms in total. The lowest BCUT2D eigenvalue weighted by atomic mass is 9.88. The minimum Gasteiger partial charge on any atom is -0.373 e. The molecular weight excluding hydrogens is 345 g/mol. The van der Waals surface area contributed by atoms with Crippen molar-refractivity contribution in [3.05, 3.63) is 34.3 Å². The van der Waals surface area contributed by atoms with E-state index in [1.165, 1.54) is 0 Å². The first-order chi connectivity index (χ1) is 11.3. The van der Waals surface area contributed by atoms with E-state index in [4.69, 9.17) is 16.3 Å². The summed E-state index contributed by atoms with van der Waals surface area (Å²) in [5.41, 5.74) is -1.30. The van der Waals surface area contributed by atoms with Crippen LogP contribution in [0, 0.1) is 0 Å². The molecule has 132 valence electrons. The van der Waals surface area contributed by atoms with Gasteiger partial charge < -0.3 is 15.4 Å². The van der Waals surface area contributed by atoms with Crippen LogP contribution in [-0.4, -0.2) is 37.2 Å². The first kappa shape index (κ1) is 17.5. The second kappa shape index (κ2) is 6.54. The van der Waals surface area contributed by atoms with E-state index in [1.807, 2.05) is 0 Å². The van der Waals surface area contributed by atoms with Crippen LogP contribution in [0.1, 0.15) is 35.2 Å². The van der Waals surface area contributed by atoms with E-state index in [0.717, 1.165) is 44.1 Å². The Balaban J connectivity index is 1.69. The summed E-state index contributed by atoms with van der Waals surface area (Å²) in [6, 6.07) is 2.52. The lowest BCUT2D eigenvalue weighted by Crippen LogP contribution is -2.43. The molecule has 2 aliphatic rings. The van der Waals surface area contributed by atoms with Crippen LogP contribution >= 0.6 is 11.6 Å². The van der Waals surface area contributed by atoms with Crippen molar-refractivity contribution in [1.29, 1.82) is 0 Å². The van der Waals surface area contributed by atoms with E-state index in [9.17, 15) is 18.0 Å². The SMILES string of the molecule is O=C(N[C@@H]1COC2(CCNCC2)C1)c1cc(C(F)(F)F)ccc1Cl. The lowest BCUT2D eigenvalue weighted by molar-refractivity contribution is -0.137. The molecule has 3 rings (SSSR count). The molecule has 2 aliphatic heterocycles. The molecule has 24 heavy (non-hydrogen) atoms. The number of hydrogen-bond donors (Lipinski definition) is 2. The molecule has 0 aromatic heterocycles. The standard InChI is InChI=1S/C16H18ClF3N2O2/c17-13-2-1-10(16(18,19)20)7-12(13)14(23)22-11-8-15(24-9-11)3-5-21-6-4-15/h1-2,7,11,21H,3-6,8-9H2,(H,22,23)/t11-/m0/s1. The lowest BCUT2D eigenvalue weighted by Gasteiger charge is -2.32. The fraction of sp³-hybridized carbons (Fsp3) is 0.562. The van der Waals surface area contributed by atoms with Gasteiger partial charge >= 0.3 is 6.18 Å². The van der Waals surface area contributed by atoms with E-state index in [2.05, 4.69) is 10.6 Å². The number of carbonyl (C=O) groups excluding carboxylic acids is 1. The Morgan fingerprint density at radius 1 is 1.33 bits per heavy atom. The number of halogens is 4. The zero-order valence-corrected chi connectivity index (χ0v) is 13.6. The Kier molecular flexibility index (Phi) is 4.77. The zero-order chi connectivity index (χ0) is 17.4. The average molecular weight is 363 g/mol. The van der Waals surface area contributed by atoms with Crippen molar-refractivity contribution in [2.45, 2.75) is 37.1 Å². The second-order valence-corrected chi connectivity index (χ2v) is 6.72. The van der Waals surface area contributed by atoms with Gasteiger partial charge in [-0.25, -0.2) is 0 Å². The number of hydrogen-bond acceptors (Lipinski definition) is 3. The Labute approximate surface area is 142 Å². The van der Waals surface area contributed by atoms with Crippen LogP contribution in [0.4, 0.5) is 13.2 Å². The summed E-state index contributed by atoms with van der Waals surface area (Å²) in [6.07, 6.45) is -2.13.